The fourth-order valence-corrected chi connectivity index (χ4v) is 2.41. The molecule has 0 aliphatic rings. The zero-order chi connectivity index (χ0) is 18.5. The predicted molar refractivity (Wildman–Crippen MR) is 98.2 cm³/mol. The Morgan fingerprint density at radius 3 is 2.19 bits per heavy atom. The molecule has 0 radical (unpaired) electrons. The highest BCUT2D eigenvalue weighted by Crippen LogP contribution is 2.24. The molecule has 3 rings (SSSR count). The number of primary amides is 1. The molecule has 0 saturated carbocycles. The average molecular weight is 351 g/mol. The second-order valence-electron chi connectivity index (χ2n) is 5.41. The zero-order valence-corrected chi connectivity index (χ0v) is 13.9. The number of hydrogen-bond donors (Lipinski definition) is 4. The summed E-state index contributed by atoms with van der Waals surface area (Å²) in [5, 5.41) is 12.1. The van der Waals surface area contributed by atoms with Gasteiger partial charge in [-0.15, -0.1) is 0 Å². The highest BCUT2D eigenvalue weighted by Gasteiger charge is 2.15. The van der Waals surface area contributed by atoms with Gasteiger partial charge >= 0.3 is 6.03 Å². The van der Waals surface area contributed by atoms with Gasteiger partial charge in [-0.3, -0.25) is 9.89 Å². The van der Waals surface area contributed by atoms with Crippen LogP contribution in [0.15, 0.2) is 54.7 Å². The van der Waals surface area contributed by atoms with Crippen molar-refractivity contribution in [2.45, 2.75) is 0 Å². The van der Waals surface area contributed by atoms with Crippen LogP contribution in [0, 0.1) is 0 Å². The van der Waals surface area contributed by atoms with E-state index in [-0.39, 0.29) is 5.91 Å². The van der Waals surface area contributed by atoms with Crippen LogP contribution in [-0.2, 0) is 0 Å². The Morgan fingerprint density at radius 1 is 1.00 bits per heavy atom. The summed E-state index contributed by atoms with van der Waals surface area (Å²) in [6.45, 7) is 0. The number of carbonyl (C=O) groups is 2. The summed E-state index contributed by atoms with van der Waals surface area (Å²) in [6, 6.07) is 13.3. The van der Waals surface area contributed by atoms with Crippen LogP contribution in [0.3, 0.4) is 0 Å². The van der Waals surface area contributed by atoms with E-state index in [9.17, 15) is 9.59 Å². The lowest BCUT2D eigenvalue weighted by molar-refractivity contribution is 0.102. The number of rotatable bonds is 5. The predicted octanol–water partition coefficient (Wildman–Crippen LogP) is 2.83. The van der Waals surface area contributed by atoms with E-state index in [0.717, 1.165) is 11.3 Å². The van der Waals surface area contributed by atoms with E-state index in [2.05, 4.69) is 20.8 Å². The molecular formula is C18H17N5O3. The maximum atomic E-state index is 12.6. The molecule has 8 nitrogen and oxygen atoms in total. The van der Waals surface area contributed by atoms with Crippen molar-refractivity contribution in [3.05, 3.63) is 60.3 Å². The molecule has 3 aromatic rings. The summed E-state index contributed by atoms with van der Waals surface area (Å²) >= 11 is 0. The lowest BCUT2D eigenvalue weighted by Crippen LogP contribution is -2.19. The number of nitrogens with one attached hydrogen (secondary N) is 3. The molecule has 0 unspecified atom stereocenters. The third-order valence-corrected chi connectivity index (χ3v) is 3.67. The van der Waals surface area contributed by atoms with E-state index >= 15 is 0 Å². The Labute approximate surface area is 149 Å². The molecular weight excluding hydrogens is 334 g/mol. The molecule has 5 N–H and O–H groups in total. The first kappa shape index (κ1) is 17.0. The van der Waals surface area contributed by atoms with Gasteiger partial charge in [-0.2, -0.15) is 5.10 Å². The standard InChI is InChI=1S/C18H17N5O3/c1-26-14-8-2-11(3-9-14)16-15(10-20-23-16)17(24)21-12-4-6-13(7-5-12)22-18(19)25/h2-10H,1H3,(H,20,23)(H,21,24)(H3,19,22,25). The zero-order valence-electron chi connectivity index (χ0n) is 13.9. The Hall–Kier alpha value is -3.81. The lowest BCUT2D eigenvalue weighted by atomic mass is 10.1. The Bertz CT molecular complexity index is 917. The van der Waals surface area contributed by atoms with Crippen molar-refractivity contribution in [2.24, 2.45) is 5.73 Å². The maximum absolute atomic E-state index is 12.6. The number of aromatic nitrogens is 2. The minimum atomic E-state index is -0.649. The second-order valence-corrected chi connectivity index (χ2v) is 5.41. The number of carbonyl (C=O) groups excluding carboxylic acids is 2. The van der Waals surface area contributed by atoms with Crippen molar-refractivity contribution in [1.82, 2.24) is 10.2 Å². The van der Waals surface area contributed by atoms with E-state index < -0.39 is 6.03 Å². The van der Waals surface area contributed by atoms with Crippen LogP contribution in [0.25, 0.3) is 11.3 Å². The number of ether oxygens (including phenoxy) is 1. The number of aromatic amines is 1. The molecule has 1 heterocycles. The van der Waals surface area contributed by atoms with E-state index in [1.807, 2.05) is 24.3 Å². The molecule has 3 amide bonds. The topological polar surface area (TPSA) is 122 Å². The van der Waals surface area contributed by atoms with Gasteiger partial charge in [-0.25, -0.2) is 4.79 Å². The lowest BCUT2D eigenvalue weighted by Gasteiger charge is -2.08. The largest absolute Gasteiger partial charge is 0.497 e. The van der Waals surface area contributed by atoms with Crippen molar-refractivity contribution in [3.8, 4) is 17.0 Å². The minimum absolute atomic E-state index is 0.305. The van der Waals surface area contributed by atoms with Crippen LogP contribution in [0.1, 0.15) is 10.4 Å². The smallest absolute Gasteiger partial charge is 0.316 e. The van der Waals surface area contributed by atoms with Gasteiger partial charge in [0.1, 0.15) is 5.75 Å². The van der Waals surface area contributed by atoms with Crippen LogP contribution in [0.5, 0.6) is 5.75 Å². The number of hydrogen-bond acceptors (Lipinski definition) is 4. The van der Waals surface area contributed by atoms with Gasteiger partial charge in [0, 0.05) is 16.9 Å². The first-order chi connectivity index (χ1) is 12.6. The number of benzene rings is 2. The minimum Gasteiger partial charge on any atom is -0.497 e. The van der Waals surface area contributed by atoms with Crippen LogP contribution in [0.4, 0.5) is 16.2 Å². The van der Waals surface area contributed by atoms with Gasteiger partial charge in [-0.1, -0.05) is 0 Å². The van der Waals surface area contributed by atoms with Crippen molar-refractivity contribution >= 4 is 23.3 Å². The van der Waals surface area contributed by atoms with Crippen LogP contribution >= 0.6 is 0 Å². The highest BCUT2D eigenvalue weighted by atomic mass is 16.5. The number of amides is 3. The Morgan fingerprint density at radius 2 is 1.62 bits per heavy atom. The third kappa shape index (κ3) is 3.81. The number of nitrogens with zero attached hydrogens (tertiary/aromatic N) is 1. The van der Waals surface area contributed by atoms with E-state index in [0.29, 0.717) is 22.6 Å². The first-order valence-corrected chi connectivity index (χ1v) is 7.72. The van der Waals surface area contributed by atoms with Crippen LogP contribution < -0.4 is 21.1 Å². The second kappa shape index (κ2) is 7.39. The fraction of sp³-hybridized carbons (Fsp3) is 0.0556. The molecule has 0 saturated heterocycles. The number of methoxy groups -OCH3 is 1. The number of urea groups is 1. The van der Waals surface area contributed by atoms with Gasteiger partial charge < -0.3 is 21.1 Å². The molecule has 0 aliphatic heterocycles. The van der Waals surface area contributed by atoms with E-state index in [1.165, 1.54) is 6.20 Å². The van der Waals surface area contributed by atoms with Crippen molar-refractivity contribution in [2.75, 3.05) is 17.7 Å². The van der Waals surface area contributed by atoms with Gasteiger partial charge in [0.2, 0.25) is 0 Å². The quantitative estimate of drug-likeness (QED) is 0.564. The molecule has 0 spiro atoms. The summed E-state index contributed by atoms with van der Waals surface area (Å²) in [5.41, 5.74) is 8.01. The molecule has 2 aromatic carbocycles. The third-order valence-electron chi connectivity index (χ3n) is 3.67. The molecule has 0 atom stereocenters. The van der Waals surface area contributed by atoms with Crippen molar-refractivity contribution in [1.29, 1.82) is 0 Å². The van der Waals surface area contributed by atoms with Gasteiger partial charge in [0.05, 0.1) is 24.6 Å². The maximum Gasteiger partial charge on any atom is 0.316 e. The van der Waals surface area contributed by atoms with Crippen LogP contribution in [0.2, 0.25) is 0 Å². The summed E-state index contributed by atoms with van der Waals surface area (Å²) in [4.78, 5) is 23.4. The van der Waals surface area contributed by atoms with Crippen LogP contribution in [-0.4, -0.2) is 29.2 Å². The number of nitrogens with two attached hydrogens (primary N) is 1. The number of anilines is 2. The van der Waals surface area contributed by atoms with Crippen molar-refractivity contribution in [3.63, 3.8) is 0 Å². The van der Waals surface area contributed by atoms with Gasteiger partial charge in [0.25, 0.3) is 5.91 Å². The molecule has 8 heteroatoms. The molecule has 26 heavy (non-hydrogen) atoms. The molecule has 0 bridgehead atoms. The molecule has 132 valence electrons. The van der Waals surface area contributed by atoms with E-state index in [4.69, 9.17) is 10.5 Å². The van der Waals surface area contributed by atoms with Crippen molar-refractivity contribution < 1.29 is 14.3 Å². The van der Waals surface area contributed by atoms with Gasteiger partial charge in [-0.05, 0) is 48.5 Å². The first-order valence-electron chi connectivity index (χ1n) is 7.72. The fourth-order valence-electron chi connectivity index (χ4n) is 2.41. The summed E-state index contributed by atoms with van der Waals surface area (Å²) in [7, 11) is 1.59. The molecule has 0 fully saturated rings. The van der Waals surface area contributed by atoms with E-state index in [1.54, 1.807) is 31.4 Å². The molecule has 0 aliphatic carbocycles. The summed E-state index contributed by atoms with van der Waals surface area (Å²) in [6.07, 6.45) is 1.47. The Balaban J connectivity index is 1.76. The molecule has 1 aromatic heterocycles. The monoisotopic (exact) mass is 351 g/mol. The normalized spacial score (nSPS) is 10.2. The highest BCUT2D eigenvalue weighted by molar-refractivity contribution is 6.08. The summed E-state index contributed by atoms with van der Waals surface area (Å²) in [5.74, 6) is 0.420. The summed E-state index contributed by atoms with van der Waals surface area (Å²) < 4.78 is 5.14. The SMILES string of the molecule is COc1ccc(-c2[nH]ncc2C(=O)Nc2ccc(NC(N)=O)cc2)cc1. The van der Waals surface area contributed by atoms with Gasteiger partial charge in [0.15, 0.2) is 0 Å². The number of H-pyrrole nitrogens is 1. The average Bonchev–Trinajstić information content (AvgIpc) is 3.13. The Kier molecular flexibility index (Phi) is 4.84.